The van der Waals surface area contributed by atoms with E-state index < -0.39 is 17.5 Å². The van der Waals surface area contributed by atoms with E-state index in [2.05, 4.69) is 13.5 Å². The van der Waals surface area contributed by atoms with E-state index in [0.717, 1.165) is 31.6 Å². The van der Waals surface area contributed by atoms with Crippen LogP contribution in [0.15, 0.2) is 30.9 Å². The minimum Gasteiger partial charge on any atom is -0.489 e. The summed E-state index contributed by atoms with van der Waals surface area (Å²) in [6.07, 6.45) is 11.7. The van der Waals surface area contributed by atoms with Gasteiger partial charge in [0, 0.05) is 11.6 Å². The van der Waals surface area contributed by atoms with Crippen molar-refractivity contribution in [3.63, 3.8) is 0 Å². The van der Waals surface area contributed by atoms with Gasteiger partial charge in [-0.05, 0) is 73.3 Å². The van der Waals surface area contributed by atoms with Gasteiger partial charge in [0.1, 0.15) is 29.8 Å². The van der Waals surface area contributed by atoms with Gasteiger partial charge in [0.15, 0.2) is 0 Å². The first-order chi connectivity index (χ1) is 15.0. The molecule has 168 valence electrons. The van der Waals surface area contributed by atoms with Crippen molar-refractivity contribution in [3.05, 3.63) is 53.9 Å². The van der Waals surface area contributed by atoms with Gasteiger partial charge in [-0.15, -0.1) is 0 Å². The van der Waals surface area contributed by atoms with Gasteiger partial charge < -0.3 is 4.74 Å². The maximum Gasteiger partial charge on any atom is 0.140 e. The van der Waals surface area contributed by atoms with E-state index in [9.17, 15) is 4.39 Å². The predicted molar refractivity (Wildman–Crippen MR) is 120 cm³/mol. The Kier molecular flexibility index (Phi) is 6.93. The van der Waals surface area contributed by atoms with Crippen LogP contribution in [0.3, 0.4) is 0 Å². The van der Waals surface area contributed by atoms with Crippen molar-refractivity contribution in [2.24, 2.45) is 17.8 Å². The van der Waals surface area contributed by atoms with Gasteiger partial charge in [-0.2, -0.15) is 0 Å². The zero-order chi connectivity index (χ0) is 22.0. The Labute approximate surface area is 183 Å². The van der Waals surface area contributed by atoms with Crippen LogP contribution in [0.4, 0.5) is 13.2 Å². The van der Waals surface area contributed by atoms with Crippen LogP contribution in [0.5, 0.6) is 5.75 Å². The summed E-state index contributed by atoms with van der Waals surface area (Å²) in [5.74, 6) is 0.100. The highest BCUT2D eigenvalue weighted by Gasteiger charge is 2.37. The quantitative estimate of drug-likeness (QED) is 0.401. The minimum absolute atomic E-state index is 0.0812. The summed E-state index contributed by atoms with van der Waals surface area (Å²) in [5, 5.41) is 0.0654. The van der Waals surface area contributed by atoms with Gasteiger partial charge in [-0.25, -0.2) is 13.2 Å². The highest BCUT2D eigenvalue weighted by Crippen LogP contribution is 2.49. The van der Waals surface area contributed by atoms with Crippen LogP contribution in [0.25, 0.3) is 10.8 Å². The summed E-state index contributed by atoms with van der Waals surface area (Å²) in [4.78, 5) is 0. The van der Waals surface area contributed by atoms with Gasteiger partial charge >= 0.3 is 0 Å². The number of hydrogen-bond donors (Lipinski definition) is 0. The Morgan fingerprint density at radius 1 is 1.00 bits per heavy atom. The molecule has 2 saturated carbocycles. The van der Waals surface area contributed by atoms with Crippen molar-refractivity contribution in [2.45, 2.75) is 70.6 Å². The van der Waals surface area contributed by atoms with Crippen molar-refractivity contribution in [3.8, 4) is 5.75 Å². The number of unbranched alkanes of at least 4 members (excludes halogenated alkanes) is 1. The molecule has 0 spiro atoms. The molecule has 2 aromatic carbocycles. The summed E-state index contributed by atoms with van der Waals surface area (Å²) in [7, 11) is 0. The maximum absolute atomic E-state index is 15.4. The van der Waals surface area contributed by atoms with E-state index in [1.54, 1.807) is 6.08 Å². The van der Waals surface area contributed by atoms with Crippen LogP contribution in [0, 0.1) is 35.2 Å². The van der Waals surface area contributed by atoms with Crippen LogP contribution in [-0.4, -0.2) is 6.61 Å². The highest BCUT2D eigenvalue weighted by molar-refractivity contribution is 5.86. The SMILES string of the molecule is C=CCOc1cc(F)c2c(F)c([C@@H]3CC[C@@H]4CC(CCCC)CCC4C3)c(F)cc2c1. The van der Waals surface area contributed by atoms with Crippen molar-refractivity contribution in [1.82, 2.24) is 0 Å². The molecule has 0 saturated heterocycles. The second kappa shape index (κ2) is 9.67. The monoisotopic (exact) mass is 430 g/mol. The fraction of sp³-hybridized carbons (Fsp3) is 0.556. The van der Waals surface area contributed by atoms with Crippen LogP contribution < -0.4 is 4.74 Å². The molecule has 0 amide bonds. The van der Waals surface area contributed by atoms with Gasteiger partial charge in [-0.1, -0.05) is 45.3 Å². The Morgan fingerprint density at radius 2 is 1.77 bits per heavy atom. The topological polar surface area (TPSA) is 9.23 Å². The second-order valence-corrected chi connectivity index (χ2v) is 9.54. The van der Waals surface area contributed by atoms with Crippen molar-refractivity contribution in [2.75, 3.05) is 6.61 Å². The number of ether oxygens (including phenoxy) is 1. The summed E-state index contributed by atoms with van der Waals surface area (Å²) < 4.78 is 50.7. The summed E-state index contributed by atoms with van der Waals surface area (Å²) in [6, 6.07) is 3.93. The van der Waals surface area contributed by atoms with Crippen molar-refractivity contribution >= 4 is 10.8 Å². The molecule has 2 aliphatic carbocycles. The lowest BCUT2D eigenvalue weighted by molar-refractivity contribution is 0.112. The molecule has 4 heteroatoms. The molecular weight excluding hydrogens is 397 g/mol. The fourth-order valence-electron chi connectivity index (χ4n) is 6.02. The maximum atomic E-state index is 15.4. The van der Waals surface area contributed by atoms with Crippen LogP contribution >= 0.6 is 0 Å². The van der Waals surface area contributed by atoms with Crippen molar-refractivity contribution in [1.29, 1.82) is 0 Å². The van der Waals surface area contributed by atoms with Crippen LogP contribution in [0.2, 0.25) is 0 Å². The van der Waals surface area contributed by atoms with E-state index in [4.69, 9.17) is 4.74 Å². The third-order valence-electron chi connectivity index (χ3n) is 7.55. The van der Waals surface area contributed by atoms with Gasteiger partial charge in [0.25, 0.3) is 0 Å². The lowest BCUT2D eigenvalue weighted by Gasteiger charge is -2.42. The Hall–Kier alpha value is -1.97. The Balaban J connectivity index is 1.56. The molecule has 0 bridgehead atoms. The molecule has 0 aliphatic heterocycles. The largest absolute Gasteiger partial charge is 0.489 e. The normalized spacial score (nSPS) is 25.9. The number of benzene rings is 2. The standard InChI is InChI=1S/C27H33F3O/c1-3-5-6-17-7-8-19-13-20(10-9-18(19)12-17)25-23(28)15-21-14-22(31-11-4-2)16-24(29)26(21)27(25)30/h4,14-20H,2-3,5-13H2,1H3/t17?,18-,19?,20-/m1/s1. The van der Waals surface area contributed by atoms with Crippen LogP contribution in [0.1, 0.15) is 76.2 Å². The fourth-order valence-corrected chi connectivity index (χ4v) is 6.02. The van der Waals surface area contributed by atoms with E-state index >= 15 is 8.78 Å². The number of halogens is 3. The summed E-state index contributed by atoms with van der Waals surface area (Å²) in [5.41, 5.74) is 0.0812. The molecule has 2 aliphatic rings. The minimum atomic E-state index is -0.733. The Bertz CT molecular complexity index is 938. The predicted octanol–water partition coefficient (Wildman–Crippen LogP) is 8.31. The average molecular weight is 431 g/mol. The molecule has 0 N–H and O–H groups in total. The molecule has 0 aromatic heterocycles. The lowest BCUT2D eigenvalue weighted by atomic mass is 9.63. The molecule has 4 atom stereocenters. The smallest absolute Gasteiger partial charge is 0.140 e. The van der Waals surface area contributed by atoms with Gasteiger partial charge in [0.2, 0.25) is 0 Å². The number of rotatable bonds is 7. The first-order valence-corrected chi connectivity index (χ1v) is 11.9. The molecule has 0 radical (unpaired) electrons. The number of hydrogen-bond acceptors (Lipinski definition) is 1. The average Bonchev–Trinajstić information content (AvgIpc) is 2.75. The van der Waals surface area contributed by atoms with Crippen LogP contribution in [-0.2, 0) is 0 Å². The molecule has 1 nitrogen and oxygen atoms in total. The van der Waals surface area contributed by atoms with E-state index in [1.165, 1.54) is 50.3 Å². The summed E-state index contributed by atoms with van der Waals surface area (Å²) in [6.45, 7) is 6.00. The van der Waals surface area contributed by atoms with E-state index in [-0.39, 0.29) is 34.6 Å². The third kappa shape index (κ3) is 4.63. The first kappa shape index (κ1) is 22.2. The lowest BCUT2D eigenvalue weighted by Crippen LogP contribution is -2.31. The molecular formula is C27H33F3O. The van der Waals surface area contributed by atoms with Crippen molar-refractivity contribution < 1.29 is 17.9 Å². The molecule has 4 rings (SSSR count). The molecule has 0 heterocycles. The zero-order valence-electron chi connectivity index (χ0n) is 18.4. The van der Waals surface area contributed by atoms with E-state index in [1.807, 2.05) is 0 Å². The third-order valence-corrected chi connectivity index (χ3v) is 7.55. The second-order valence-electron chi connectivity index (χ2n) is 9.54. The molecule has 2 unspecified atom stereocenters. The van der Waals surface area contributed by atoms with Gasteiger partial charge in [0.05, 0.1) is 5.39 Å². The van der Waals surface area contributed by atoms with E-state index in [0.29, 0.717) is 11.8 Å². The Morgan fingerprint density at radius 3 is 2.55 bits per heavy atom. The molecule has 31 heavy (non-hydrogen) atoms. The van der Waals surface area contributed by atoms with Gasteiger partial charge in [-0.3, -0.25) is 0 Å². The number of fused-ring (bicyclic) bond motifs is 2. The highest BCUT2D eigenvalue weighted by atomic mass is 19.1. The molecule has 2 aromatic rings. The molecule has 2 fully saturated rings. The zero-order valence-corrected chi connectivity index (χ0v) is 18.4. The first-order valence-electron chi connectivity index (χ1n) is 11.9. The summed E-state index contributed by atoms with van der Waals surface area (Å²) >= 11 is 0.